The summed E-state index contributed by atoms with van der Waals surface area (Å²) in [6, 6.07) is 2.25. The van der Waals surface area contributed by atoms with E-state index < -0.39 is 0 Å². The Bertz CT molecular complexity index is 444. The third-order valence-electron chi connectivity index (χ3n) is 4.12. The summed E-state index contributed by atoms with van der Waals surface area (Å²) < 4.78 is 10.7. The zero-order valence-corrected chi connectivity index (χ0v) is 13.0. The average molecular weight is 294 g/mol. The van der Waals surface area contributed by atoms with Crippen LogP contribution in [-0.2, 0) is 4.74 Å². The SMILES string of the molecule is COC1CCCCC1NCCCNC(=O)c1occc1C. The Hall–Kier alpha value is -1.33. The zero-order valence-electron chi connectivity index (χ0n) is 13.0. The maximum absolute atomic E-state index is 11.8. The van der Waals surface area contributed by atoms with E-state index >= 15 is 0 Å². The van der Waals surface area contributed by atoms with Gasteiger partial charge in [-0.25, -0.2) is 0 Å². The molecule has 0 bridgehead atoms. The third-order valence-corrected chi connectivity index (χ3v) is 4.12. The van der Waals surface area contributed by atoms with Crippen LogP contribution in [0.25, 0.3) is 0 Å². The minimum absolute atomic E-state index is 0.134. The van der Waals surface area contributed by atoms with E-state index in [0.29, 0.717) is 24.5 Å². The van der Waals surface area contributed by atoms with Crippen molar-refractivity contribution in [2.75, 3.05) is 20.2 Å². The molecular weight excluding hydrogens is 268 g/mol. The molecule has 2 unspecified atom stereocenters. The van der Waals surface area contributed by atoms with Gasteiger partial charge in [0.2, 0.25) is 0 Å². The summed E-state index contributed by atoms with van der Waals surface area (Å²) >= 11 is 0. The standard InChI is InChI=1S/C16H26N2O3/c1-12-8-11-21-15(12)16(19)18-10-5-9-17-13-6-3-4-7-14(13)20-2/h8,11,13-14,17H,3-7,9-10H2,1-2H3,(H,18,19). The van der Waals surface area contributed by atoms with Gasteiger partial charge in [-0.15, -0.1) is 0 Å². The maximum Gasteiger partial charge on any atom is 0.287 e. The molecule has 5 heteroatoms. The number of rotatable bonds is 7. The van der Waals surface area contributed by atoms with Gasteiger partial charge in [-0.3, -0.25) is 4.79 Å². The van der Waals surface area contributed by atoms with Crippen LogP contribution in [0.15, 0.2) is 16.7 Å². The van der Waals surface area contributed by atoms with E-state index in [1.807, 2.05) is 6.92 Å². The van der Waals surface area contributed by atoms with Crippen molar-refractivity contribution in [3.63, 3.8) is 0 Å². The number of amides is 1. The van der Waals surface area contributed by atoms with E-state index in [-0.39, 0.29) is 5.91 Å². The highest BCUT2D eigenvalue weighted by molar-refractivity contribution is 5.92. The number of ether oxygens (including phenoxy) is 1. The molecule has 1 aromatic rings. The molecule has 118 valence electrons. The fourth-order valence-corrected chi connectivity index (χ4v) is 2.88. The summed E-state index contributed by atoms with van der Waals surface area (Å²) in [6.45, 7) is 3.41. The Morgan fingerprint density at radius 3 is 2.90 bits per heavy atom. The largest absolute Gasteiger partial charge is 0.459 e. The second-order valence-corrected chi connectivity index (χ2v) is 5.66. The lowest BCUT2D eigenvalue weighted by Crippen LogP contribution is -2.44. The number of aryl methyl sites for hydroxylation is 1. The van der Waals surface area contributed by atoms with Gasteiger partial charge in [0.05, 0.1) is 12.4 Å². The predicted octanol–water partition coefficient (Wildman–Crippen LogP) is 2.26. The lowest BCUT2D eigenvalue weighted by Gasteiger charge is -2.31. The van der Waals surface area contributed by atoms with Crippen LogP contribution in [0.5, 0.6) is 0 Å². The fourth-order valence-electron chi connectivity index (χ4n) is 2.88. The van der Waals surface area contributed by atoms with Crippen LogP contribution in [-0.4, -0.2) is 38.3 Å². The van der Waals surface area contributed by atoms with Crippen molar-refractivity contribution in [2.45, 2.75) is 51.2 Å². The lowest BCUT2D eigenvalue weighted by molar-refractivity contribution is 0.0419. The summed E-state index contributed by atoms with van der Waals surface area (Å²) in [7, 11) is 1.79. The molecule has 1 fully saturated rings. The van der Waals surface area contributed by atoms with Crippen LogP contribution >= 0.6 is 0 Å². The van der Waals surface area contributed by atoms with Crippen molar-refractivity contribution < 1.29 is 13.9 Å². The molecule has 0 aromatic carbocycles. The highest BCUT2D eigenvalue weighted by Crippen LogP contribution is 2.20. The first-order chi connectivity index (χ1) is 10.2. The van der Waals surface area contributed by atoms with Crippen molar-refractivity contribution in [3.8, 4) is 0 Å². The molecule has 1 aromatic heterocycles. The molecule has 5 nitrogen and oxygen atoms in total. The van der Waals surface area contributed by atoms with Gasteiger partial charge in [-0.1, -0.05) is 12.8 Å². The number of carbonyl (C=O) groups excluding carboxylic acids is 1. The first-order valence-electron chi connectivity index (χ1n) is 7.81. The number of furan rings is 1. The number of hydrogen-bond donors (Lipinski definition) is 2. The molecule has 1 aliphatic carbocycles. The second kappa shape index (κ2) is 8.20. The Morgan fingerprint density at radius 1 is 1.38 bits per heavy atom. The molecule has 0 radical (unpaired) electrons. The molecule has 0 spiro atoms. The molecule has 1 aliphatic rings. The number of methoxy groups -OCH3 is 1. The van der Waals surface area contributed by atoms with Crippen LogP contribution in [0.2, 0.25) is 0 Å². The van der Waals surface area contributed by atoms with Gasteiger partial charge in [0.1, 0.15) is 0 Å². The lowest BCUT2D eigenvalue weighted by atomic mass is 9.92. The van der Waals surface area contributed by atoms with Crippen molar-refractivity contribution in [3.05, 3.63) is 23.7 Å². The van der Waals surface area contributed by atoms with Gasteiger partial charge in [0.25, 0.3) is 5.91 Å². The monoisotopic (exact) mass is 294 g/mol. The first kappa shape index (κ1) is 16.0. The van der Waals surface area contributed by atoms with E-state index in [9.17, 15) is 4.79 Å². The smallest absolute Gasteiger partial charge is 0.287 e. The molecule has 1 heterocycles. The number of hydrogen-bond acceptors (Lipinski definition) is 4. The molecule has 0 aliphatic heterocycles. The summed E-state index contributed by atoms with van der Waals surface area (Å²) in [5, 5.41) is 6.43. The summed E-state index contributed by atoms with van der Waals surface area (Å²) in [5.74, 6) is 0.277. The molecule has 21 heavy (non-hydrogen) atoms. The summed E-state index contributed by atoms with van der Waals surface area (Å²) in [6.07, 6.45) is 7.62. The van der Waals surface area contributed by atoms with Gasteiger partial charge in [-0.05, 0) is 38.8 Å². The van der Waals surface area contributed by atoms with E-state index in [2.05, 4.69) is 10.6 Å². The van der Waals surface area contributed by atoms with Crippen molar-refractivity contribution in [1.82, 2.24) is 10.6 Å². The van der Waals surface area contributed by atoms with E-state index in [1.54, 1.807) is 19.4 Å². The second-order valence-electron chi connectivity index (χ2n) is 5.66. The van der Waals surface area contributed by atoms with Gasteiger partial charge >= 0.3 is 0 Å². The molecular formula is C16H26N2O3. The summed E-state index contributed by atoms with van der Waals surface area (Å²) in [5.41, 5.74) is 0.871. The van der Waals surface area contributed by atoms with Crippen molar-refractivity contribution >= 4 is 5.91 Å². The molecule has 1 amide bonds. The first-order valence-corrected chi connectivity index (χ1v) is 7.81. The third kappa shape index (κ3) is 4.58. The highest BCUT2D eigenvalue weighted by atomic mass is 16.5. The maximum atomic E-state index is 11.8. The zero-order chi connectivity index (χ0) is 15.1. The Morgan fingerprint density at radius 2 is 2.19 bits per heavy atom. The van der Waals surface area contributed by atoms with E-state index in [0.717, 1.165) is 24.9 Å². The normalized spacial score (nSPS) is 22.2. The van der Waals surface area contributed by atoms with Crippen LogP contribution < -0.4 is 10.6 Å². The van der Waals surface area contributed by atoms with Crippen LogP contribution in [0.3, 0.4) is 0 Å². The minimum atomic E-state index is -0.134. The topological polar surface area (TPSA) is 63.5 Å². The van der Waals surface area contributed by atoms with E-state index in [4.69, 9.17) is 9.15 Å². The van der Waals surface area contributed by atoms with Crippen LogP contribution in [0.1, 0.15) is 48.2 Å². The minimum Gasteiger partial charge on any atom is -0.459 e. The van der Waals surface area contributed by atoms with Crippen molar-refractivity contribution in [2.24, 2.45) is 0 Å². The quantitative estimate of drug-likeness (QED) is 0.757. The molecule has 2 N–H and O–H groups in total. The van der Waals surface area contributed by atoms with Gasteiger partial charge in [-0.2, -0.15) is 0 Å². The molecule has 2 rings (SSSR count). The number of nitrogens with one attached hydrogen (secondary N) is 2. The predicted molar refractivity (Wildman–Crippen MR) is 81.5 cm³/mol. The van der Waals surface area contributed by atoms with E-state index in [1.165, 1.54) is 19.3 Å². The molecule has 1 saturated carbocycles. The number of carbonyl (C=O) groups is 1. The van der Waals surface area contributed by atoms with Crippen molar-refractivity contribution in [1.29, 1.82) is 0 Å². The van der Waals surface area contributed by atoms with Gasteiger partial charge in [0, 0.05) is 25.3 Å². The highest BCUT2D eigenvalue weighted by Gasteiger charge is 2.23. The molecule has 2 atom stereocenters. The van der Waals surface area contributed by atoms with Crippen LogP contribution in [0, 0.1) is 6.92 Å². The Kier molecular flexibility index (Phi) is 6.26. The van der Waals surface area contributed by atoms with Gasteiger partial charge in [0.15, 0.2) is 5.76 Å². The fraction of sp³-hybridized carbons (Fsp3) is 0.688. The summed E-state index contributed by atoms with van der Waals surface area (Å²) in [4.78, 5) is 11.8. The van der Waals surface area contributed by atoms with Crippen LogP contribution in [0.4, 0.5) is 0 Å². The molecule has 0 saturated heterocycles. The Balaban J connectivity index is 1.61. The average Bonchev–Trinajstić information content (AvgIpc) is 2.93. The van der Waals surface area contributed by atoms with Gasteiger partial charge < -0.3 is 19.8 Å². The Labute approximate surface area is 126 Å².